The molecule has 0 N–H and O–H groups in total. The van der Waals surface area contributed by atoms with Crippen LogP contribution in [-0.4, -0.2) is 27.1 Å². The van der Waals surface area contributed by atoms with E-state index in [0.29, 0.717) is 23.3 Å². The Bertz CT molecular complexity index is 884. The molecule has 0 spiro atoms. The number of ether oxygens (including phenoxy) is 1. The van der Waals surface area contributed by atoms with Gasteiger partial charge in [-0.3, -0.25) is 4.79 Å². The van der Waals surface area contributed by atoms with Crippen molar-refractivity contribution in [2.24, 2.45) is 0 Å². The lowest BCUT2D eigenvalue weighted by Gasteiger charge is -2.07. The van der Waals surface area contributed by atoms with Crippen LogP contribution in [0.5, 0.6) is 5.75 Å². The summed E-state index contributed by atoms with van der Waals surface area (Å²) >= 11 is 0. The molecule has 0 saturated heterocycles. The van der Waals surface area contributed by atoms with E-state index in [1.54, 1.807) is 55.6 Å². The van der Waals surface area contributed by atoms with Crippen LogP contribution in [0, 0.1) is 0 Å². The van der Waals surface area contributed by atoms with E-state index >= 15 is 0 Å². The first kappa shape index (κ1) is 25.1. The Morgan fingerprint density at radius 3 is 1.65 bits per heavy atom. The van der Waals surface area contributed by atoms with E-state index in [-0.39, 0.29) is 16.4 Å². The predicted octanol–water partition coefficient (Wildman–Crippen LogP) is 6.62. The van der Waals surface area contributed by atoms with Crippen LogP contribution in [0.4, 0.5) is 0 Å². The van der Waals surface area contributed by atoms with E-state index in [2.05, 4.69) is 6.92 Å². The summed E-state index contributed by atoms with van der Waals surface area (Å²) < 4.78 is 30.3. The molecule has 0 amide bonds. The van der Waals surface area contributed by atoms with Crippen LogP contribution in [0.15, 0.2) is 53.4 Å². The molecule has 0 aromatic heterocycles. The van der Waals surface area contributed by atoms with Gasteiger partial charge in [-0.2, -0.15) is 0 Å². The zero-order chi connectivity index (χ0) is 22.5. The van der Waals surface area contributed by atoms with Crippen LogP contribution < -0.4 is 4.74 Å². The van der Waals surface area contributed by atoms with E-state index in [1.807, 2.05) is 0 Å². The molecule has 2 rings (SSSR count). The van der Waals surface area contributed by atoms with Crippen molar-refractivity contribution in [3.8, 4) is 5.75 Å². The van der Waals surface area contributed by atoms with Crippen molar-refractivity contribution >= 4 is 15.6 Å². The van der Waals surface area contributed by atoms with Crippen molar-refractivity contribution in [2.45, 2.75) is 76.0 Å². The van der Waals surface area contributed by atoms with Crippen molar-refractivity contribution in [1.29, 1.82) is 0 Å². The first-order chi connectivity index (χ1) is 15.0. The highest BCUT2D eigenvalue weighted by molar-refractivity contribution is 7.91. The molecular weight excluding hydrogens is 408 g/mol. The van der Waals surface area contributed by atoms with Crippen LogP contribution in [-0.2, 0) is 9.84 Å². The monoisotopic (exact) mass is 444 g/mol. The highest BCUT2D eigenvalue weighted by atomic mass is 32.2. The van der Waals surface area contributed by atoms with Crippen molar-refractivity contribution in [3.05, 3.63) is 59.7 Å². The third-order valence-electron chi connectivity index (χ3n) is 5.59. The molecule has 4 nitrogen and oxygen atoms in total. The minimum Gasteiger partial charge on any atom is -0.497 e. The Morgan fingerprint density at radius 1 is 0.710 bits per heavy atom. The highest BCUT2D eigenvalue weighted by Crippen LogP contribution is 2.19. The molecule has 0 radical (unpaired) electrons. The molecule has 5 heteroatoms. The van der Waals surface area contributed by atoms with E-state index in [1.165, 1.54) is 44.9 Å². The van der Waals surface area contributed by atoms with Gasteiger partial charge in [-0.25, -0.2) is 8.42 Å². The maximum Gasteiger partial charge on any atom is 0.193 e. The molecule has 0 aliphatic carbocycles. The van der Waals surface area contributed by atoms with Gasteiger partial charge in [0.15, 0.2) is 15.6 Å². The fourth-order valence-electron chi connectivity index (χ4n) is 3.62. The molecule has 0 aliphatic heterocycles. The fraction of sp³-hybridized carbons (Fsp3) is 0.500. The lowest BCUT2D eigenvalue weighted by atomic mass is 10.0. The van der Waals surface area contributed by atoms with Crippen LogP contribution >= 0.6 is 0 Å². The van der Waals surface area contributed by atoms with Gasteiger partial charge in [0, 0.05) is 11.1 Å². The molecule has 0 heterocycles. The minimum absolute atomic E-state index is 0.138. The summed E-state index contributed by atoms with van der Waals surface area (Å²) in [5.74, 6) is 0.709. The van der Waals surface area contributed by atoms with Gasteiger partial charge in [-0.1, -0.05) is 64.7 Å². The SMILES string of the molecule is CCCCCCCCCCCCS(=O)(=O)c1ccc(C(=O)c2ccc(OC)cc2)cc1. The molecule has 0 unspecified atom stereocenters. The lowest BCUT2D eigenvalue weighted by Crippen LogP contribution is -2.08. The molecule has 2 aromatic carbocycles. The molecule has 0 fully saturated rings. The first-order valence-corrected chi connectivity index (χ1v) is 13.1. The van der Waals surface area contributed by atoms with Crippen LogP contribution in [0.1, 0.15) is 87.1 Å². The first-order valence-electron chi connectivity index (χ1n) is 11.5. The number of hydrogen-bond acceptors (Lipinski definition) is 4. The number of sulfone groups is 1. The molecule has 0 aliphatic rings. The van der Waals surface area contributed by atoms with Gasteiger partial charge in [-0.15, -0.1) is 0 Å². The van der Waals surface area contributed by atoms with Crippen molar-refractivity contribution < 1.29 is 17.9 Å². The number of carbonyl (C=O) groups is 1. The van der Waals surface area contributed by atoms with Gasteiger partial charge in [-0.05, 0) is 55.0 Å². The van der Waals surface area contributed by atoms with Crippen LogP contribution in [0.2, 0.25) is 0 Å². The molecule has 0 saturated carbocycles. The number of benzene rings is 2. The zero-order valence-corrected chi connectivity index (χ0v) is 19.8. The minimum atomic E-state index is -3.31. The molecular formula is C26H36O4S. The summed E-state index contributed by atoms with van der Waals surface area (Å²) in [4.78, 5) is 12.9. The van der Waals surface area contributed by atoms with Gasteiger partial charge >= 0.3 is 0 Å². The number of rotatable bonds is 15. The summed E-state index contributed by atoms with van der Waals surface area (Å²) in [6.45, 7) is 2.23. The maximum atomic E-state index is 12.6. The second-order valence-corrected chi connectivity index (χ2v) is 10.2. The summed E-state index contributed by atoms with van der Waals surface area (Å²) in [5, 5.41) is 0. The summed E-state index contributed by atoms with van der Waals surface area (Å²) in [6, 6.07) is 13.2. The lowest BCUT2D eigenvalue weighted by molar-refractivity contribution is 0.103. The third-order valence-corrected chi connectivity index (χ3v) is 7.41. The topological polar surface area (TPSA) is 60.4 Å². The summed E-state index contributed by atoms with van der Waals surface area (Å²) in [6.07, 6.45) is 11.7. The standard InChI is InChI=1S/C26H36O4S/c1-3-4-5-6-7-8-9-10-11-12-21-31(28,29)25-19-15-23(16-20-25)26(27)22-13-17-24(30-2)18-14-22/h13-20H,3-12,21H2,1-2H3. The van der Waals surface area contributed by atoms with E-state index in [0.717, 1.165) is 12.8 Å². The van der Waals surface area contributed by atoms with Crippen molar-refractivity contribution in [2.75, 3.05) is 12.9 Å². The Hall–Kier alpha value is -2.14. The average molecular weight is 445 g/mol. The molecule has 170 valence electrons. The quantitative estimate of drug-likeness (QED) is 0.229. The second kappa shape index (κ2) is 13.3. The van der Waals surface area contributed by atoms with E-state index < -0.39 is 9.84 Å². The van der Waals surface area contributed by atoms with Gasteiger partial charge in [0.1, 0.15) is 5.75 Å². The van der Waals surface area contributed by atoms with Gasteiger partial charge in [0.2, 0.25) is 0 Å². The zero-order valence-electron chi connectivity index (χ0n) is 18.9. The maximum absolute atomic E-state index is 12.6. The number of methoxy groups -OCH3 is 1. The van der Waals surface area contributed by atoms with E-state index in [9.17, 15) is 13.2 Å². The predicted molar refractivity (Wildman–Crippen MR) is 127 cm³/mol. The molecule has 0 atom stereocenters. The van der Waals surface area contributed by atoms with Crippen molar-refractivity contribution in [3.63, 3.8) is 0 Å². The van der Waals surface area contributed by atoms with Crippen LogP contribution in [0.3, 0.4) is 0 Å². The molecule has 2 aromatic rings. The molecule has 31 heavy (non-hydrogen) atoms. The number of hydrogen-bond donors (Lipinski definition) is 0. The van der Waals surface area contributed by atoms with Gasteiger partial charge < -0.3 is 4.74 Å². The summed E-state index contributed by atoms with van der Waals surface area (Å²) in [7, 11) is -1.74. The van der Waals surface area contributed by atoms with Gasteiger partial charge in [0.05, 0.1) is 17.8 Å². The second-order valence-electron chi connectivity index (χ2n) is 8.08. The number of ketones is 1. The largest absolute Gasteiger partial charge is 0.497 e. The number of carbonyl (C=O) groups excluding carboxylic acids is 1. The Morgan fingerprint density at radius 2 is 1.16 bits per heavy atom. The average Bonchev–Trinajstić information content (AvgIpc) is 2.80. The number of unbranched alkanes of at least 4 members (excludes halogenated alkanes) is 9. The normalized spacial score (nSPS) is 11.4. The van der Waals surface area contributed by atoms with Crippen LogP contribution in [0.25, 0.3) is 0 Å². The highest BCUT2D eigenvalue weighted by Gasteiger charge is 2.16. The Labute approximate surface area is 187 Å². The molecule has 0 bridgehead atoms. The Kier molecular flexibility index (Phi) is 10.8. The summed E-state index contributed by atoms with van der Waals surface area (Å²) in [5.41, 5.74) is 1.02. The van der Waals surface area contributed by atoms with Crippen molar-refractivity contribution in [1.82, 2.24) is 0 Å². The fourth-order valence-corrected chi connectivity index (χ4v) is 4.99. The van der Waals surface area contributed by atoms with Gasteiger partial charge in [0.25, 0.3) is 0 Å². The smallest absolute Gasteiger partial charge is 0.193 e. The Balaban J connectivity index is 1.77. The van der Waals surface area contributed by atoms with E-state index in [4.69, 9.17) is 4.74 Å². The third kappa shape index (κ3) is 8.48.